The van der Waals surface area contributed by atoms with Crippen LogP contribution in [-0.4, -0.2) is 23.6 Å². The summed E-state index contributed by atoms with van der Waals surface area (Å²) >= 11 is 5.55. The van der Waals surface area contributed by atoms with E-state index in [4.69, 9.17) is 11.6 Å². The van der Waals surface area contributed by atoms with Crippen LogP contribution in [0.3, 0.4) is 0 Å². The molecule has 0 aliphatic rings. The number of benzene rings is 2. The SMILES string of the molecule is OC(CCl)CNc1ccccc1Nc1ccccc1F. The average molecular weight is 295 g/mol. The highest BCUT2D eigenvalue weighted by atomic mass is 35.5. The third kappa shape index (κ3) is 3.85. The van der Waals surface area contributed by atoms with Crippen molar-refractivity contribution in [1.82, 2.24) is 0 Å². The first kappa shape index (κ1) is 14.6. The molecule has 2 rings (SSSR count). The van der Waals surface area contributed by atoms with Gasteiger partial charge in [-0.3, -0.25) is 0 Å². The molecule has 3 N–H and O–H groups in total. The topological polar surface area (TPSA) is 44.3 Å². The van der Waals surface area contributed by atoms with Crippen molar-refractivity contribution in [3.8, 4) is 0 Å². The van der Waals surface area contributed by atoms with Gasteiger partial charge in [0.25, 0.3) is 0 Å². The zero-order valence-electron chi connectivity index (χ0n) is 10.8. The fourth-order valence-electron chi connectivity index (χ4n) is 1.74. The van der Waals surface area contributed by atoms with Crippen LogP contribution in [0.2, 0.25) is 0 Å². The Hall–Kier alpha value is -1.78. The van der Waals surface area contributed by atoms with Crippen molar-refractivity contribution in [3.05, 3.63) is 54.3 Å². The van der Waals surface area contributed by atoms with E-state index in [2.05, 4.69) is 10.6 Å². The fourth-order valence-corrected chi connectivity index (χ4v) is 1.85. The van der Waals surface area contributed by atoms with E-state index in [0.717, 1.165) is 11.4 Å². The first-order chi connectivity index (χ1) is 9.70. The Bertz CT molecular complexity index is 565. The summed E-state index contributed by atoms with van der Waals surface area (Å²) in [6.45, 7) is 0.333. The third-order valence-corrected chi connectivity index (χ3v) is 3.13. The molecule has 0 saturated heterocycles. The van der Waals surface area contributed by atoms with Crippen LogP contribution in [0.25, 0.3) is 0 Å². The Morgan fingerprint density at radius 1 is 1.00 bits per heavy atom. The van der Waals surface area contributed by atoms with E-state index in [1.807, 2.05) is 24.3 Å². The Morgan fingerprint density at radius 2 is 1.60 bits per heavy atom. The van der Waals surface area contributed by atoms with Crippen molar-refractivity contribution in [1.29, 1.82) is 0 Å². The summed E-state index contributed by atoms with van der Waals surface area (Å²) in [7, 11) is 0. The molecule has 2 aromatic rings. The van der Waals surface area contributed by atoms with E-state index < -0.39 is 6.10 Å². The van der Waals surface area contributed by atoms with E-state index in [0.29, 0.717) is 12.2 Å². The van der Waals surface area contributed by atoms with Gasteiger partial charge in [-0.15, -0.1) is 11.6 Å². The molecule has 106 valence electrons. The molecule has 0 saturated carbocycles. The second-order valence-electron chi connectivity index (χ2n) is 4.34. The minimum atomic E-state index is -0.627. The molecule has 2 aromatic carbocycles. The molecule has 1 unspecified atom stereocenters. The highest BCUT2D eigenvalue weighted by Crippen LogP contribution is 2.26. The smallest absolute Gasteiger partial charge is 0.146 e. The highest BCUT2D eigenvalue weighted by molar-refractivity contribution is 6.18. The van der Waals surface area contributed by atoms with Crippen LogP contribution in [0.5, 0.6) is 0 Å². The minimum absolute atomic E-state index is 0.163. The van der Waals surface area contributed by atoms with Crippen molar-refractivity contribution in [3.63, 3.8) is 0 Å². The zero-order chi connectivity index (χ0) is 14.4. The molecule has 5 heteroatoms. The molecule has 0 radical (unpaired) electrons. The molecule has 3 nitrogen and oxygen atoms in total. The van der Waals surface area contributed by atoms with E-state index in [9.17, 15) is 9.50 Å². The molecule has 0 amide bonds. The lowest BCUT2D eigenvalue weighted by atomic mass is 10.2. The summed E-state index contributed by atoms with van der Waals surface area (Å²) in [6.07, 6.45) is -0.627. The lowest BCUT2D eigenvalue weighted by molar-refractivity contribution is 0.211. The van der Waals surface area contributed by atoms with Crippen LogP contribution in [-0.2, 0) is 0 Å². The van der Waals surface area contributed by atoms with Gasteiger partial charge in [-0.2, -0.15) is 0 Å². The Kier molecular flexibility index (Phi) is 5.21. The van der Waals surface area contributed by atoms with Gasteiger partial charge >= 0.3 is 0 Å². The van der Waals surface area contributed by atoms with E-state index >= 15 is 0 Å². The van der Waals surface area contributed by atoms with Crippen LogP contribution < -0.4 is 10.6 Å². The Labute approximate surface area is 122 Å². The quantitative estimate of drug-likeness (QED) is 0.714. The molecule has 0 fully saturated rings. The van der Waals surface area contributed by atoms with Crippen LogP contribution in [0.1, 0.15) is 0 Å². The minimum Gasteiger partial charge on any atom is -0.390 e. The number of hydrogen-bond donors (Lipinski definition) is 3. The second kappa shape index (κ2) is 7.12. The second-order valence-corrected chi connectivity index (χ2v) is 4.65. The molecule has 0 aromatic heterocycles. The normalized spacial score (nSPS) is 11.9. The van der Waals surface area contributed by atoms with Crippen LogP contribution >= 0.6 is 11.6 Å². The van der Waals surface area contributed by atoms with E-state index in [-0.39, 0.29) is 11.7 Å². The van der Waals surface area contributed by atoms with Crippen molar-refractivity contribution < 1.29 is 9.50 Å². The number of halogens is 2. The molecule has 1 atom stereocenters. The number of anilines is 3. The summed E-state index contributed by atoms with van der Waals surface area (Å²) in [5.74, 6) is -0.154. The lowest BCUT2D eigenvalue weighted by Crippen LogP contribution is -2.21. The zero-order valence-corrected chi connectivity index (χ0v) is 11.6. The summed E-state index contributed by atoms with van der Waals surface area (Å²) in [5.41, 5.74) is 1.92. The van der Waals surface area contributed by atoms with Gasteiger partial charge in [0.05, 0.1) is 29.0 Å². The van der Waals surface area contributed by atoms with E-state index in [1.165, 1.54) is 6.07 Å². The van der Waals surface area contributed by atoms with Crippen molar-refractivity contribution in [2.75, 3.05) is 23.1 Å². The summed E-state index contributed by atoms with van der Waals surface area (Å²) in [6, 6.07) is 13.9. The molecular formula is C15H16ClFN2O. The van der Waals surface area contributed by atoms with Gasteiger partial charge in [0, 0.05) is 6.54 Å². The monoisotopic (exact) mass is 294 g/mol. The summed E-state index contributed by atoms with van der Waals surface area (Å²) in [5, 5.41) is 15.6. The molecule has 20 heavy (non-hydrogen) atoms. The number of aliphatic hydroxyl groups is 1. The number of rotatable bonds is 6. The standard InChI is InChI=1S/C15H16ClFN2O/c16-9-11(20)10-18-14-7-3-4-8-15(14)19-13-6-2-1-5-12(13)17/h1-8,11,18-20H,9-10H2. The molecule has 0 aliphatic carbocycles. The van der Waals surface area contributed by atoms with Crippen LogP contribution in [0.15, 0.2) is 48.5 Å². The molecule has 0 aliphatic heterocycles. The average Bonchev–Trinajstić information content (AvgIpc) is 2.48. The highest BCUT2D eigenvalue weighted by Gasteiger charge is 2.07. The first-order valence-electron chi connectivity index (χ1n) is 6.29. The van der Waals surface area contributed by atoms with Crippen molar-refractivity contribution >= 4 is 28.7 Å². The van der Waals surface area contributed by atoms with Gasteiger partial charge in [0.15, 0.2) is 0 Å². The summed E-state index contributed by atoms with van der Waals surface area (Å²) in [4.78, 5) is 0. The largest absolute Gasteiger partial charge is 0.390 e. The van der Waals surface area contributed by atoms with Gasteiger partial charge in [-0.1, -0.05) is 24.3 Å². The van der Waals surface area contributed by atoms with E-state index in [1.54, 1.807) is 18.2 Å². The number of hydrogen-bond acceptors (Lipinski definition) is 3. The fraction of sp³-hybridized carbons (Fsp3) is 0.200. The maximum absolute atomic E-state index is 13.6. The van der Waals surface area contributed by atoms with Gasteiger partial charge in [0.1, 0.15) is 5.82 Å². The maximum Gasteiger partial charge on any atom is 0.146 e. The summed E-state index contributed by atoms with van der Waals surface area (Å²) < 4.78 is 13.6. The van der Waals surface area contributed by atoms with Gasteiger partial charge in [-0.05, 0) is 24.3 Å². The number of alkyl halides is 1. The lowest BCUT2D eigenvalue weighted by Gasteiger charge is -2.15. The third-order valence-electron chi connectivity index (χ3n) is 2.78. The van der Waals surface area contributed by atoms with Gasteiger partial charge in [0.2, 0.25) is 0 Å². The number of nitrogens with one attached hydrogen (secondary N) is 2. The first-order valence-corrected chi connectivity index (χ1v) is 6.82. The molecule has 0 bridgehead atoms. The van der Waals surface area contributed by atoms with Gasteiger partial charge < -0.3 is 15.7 Å². The number of para-hydroxylation sites is 3. The number of aliphatic hydroxyl groups excluding tert-OH is 1. The predicted molar refractivity (Wildman–Crippen MR) is 81.3 cm³/mol. The Balaban J connectivity index is 2.14. The maximum atomic E-state index is 13.6. The predicted octanol–water partition coefficient (Wildman–Crippen LogP) is 3.58. The molecule has 0 heterocycles. The van der Waals surface area contributed by atoms with Crippen LogP contribution in [0.4, 0.5) is 21.5 Å². The van der Waals surface area contributed by atoms with Crippen LogP contribution in [0, 0.1) is 5.82 Å². The van der Waals surface area contributed by atoms with Crippen molar-refractivity contribution in [2.45, 2.75) is 6.10 Å². The Morgan fingerprint density at radius 3 is 2.25 bits per heavy atom. The molecular weight excluding hydrogens is 279 g/mol. The van der Waals surface area contributed by atoms with Crippen molar-refractivity contribution in [2.24, 2.45) is 0 Å². The van der Waals surface area contributed by atoms with Gasteiger partial charge in [-0.25, -0.2) is 4.39 Å². The molecule has 0 spiro atoms.